The Kier molecular flexibility index (Phi) is 6.81. The molecular formula is C21H28N6S. The third-order valence-electron chi connectivity index (χ3n) is 4.52. The lowest BCUT2D eigenvalue weighted by atomic mass is 10.2. The Morgan fingerprint density at radius 3 is 2.61 bits per heavy atom. The number of hydrogen-bond donors (Lipinski definition) is 2. The van der Waals surface area contributed by atoms with Gasteiger partial charge < -0.3 is 10.6 Å². The molecule has 28 heavy (non-hydrogen) atoms. The summed E-state index contributed by atoms with van der Waals surface area (Å²) in [7, 11) is 0. The van der Waals surface area contributed by atoms with E-state index < -0.39 is 0 Å². The Labute approximate surface area is 170 Å². The molecular weight excluding hydrogens is 368 g/mol. The fraction of sp³-hybridized carbons (Fsp3) is 0.381. The van der Waals surface area contributed by atoms with E-state index in [1.165, 1.54) is 0 Å². The topological polar surface area (TPSA) is 67.1 Å². The van der Waals surface area contributed by atoms with Crippen molar-refractivity contribution in [1.82, 2.24) is 25.4 Å². The van der Waals surface area contributed by atoms with Gasteiger partial charge in [-0.15, -0.1) is 11.3 Å². The number of guanidine groups is 1. The predicted molar refractivity (Wildman–Crippen MR) is 116 cm³/mol. The van der Waals surface area contributed by atoms with E-state index in [-0.39, 0.29) is 0 Å². The molecule has 0 aliphatic rings. The van der Waals surface area contributed by atoms with E-state index in [4.69, 9.17) is 10.1 Å². The van der Waals surface area contributed by atoms with Crippen molar-refractivity contribution in [1.29, 1.82) is 0 Å². The highest BCUT2D eigenvalue weighted by Crippen LogP contribution is 2.18. The third-order valence-corrected chi connectivity index (χ3v) is 5.34. The van der Waals surface area contributed by atoms with Crippen LogP contribution in [0, 0.1) is 20.8 Å². The number of aliphatic imine (C=N–C) groups is 1. The fourth-order valence-corrected chi connectivity index (χ4v) is 3.70. The molecule has 0 bridgehead atoms. The molecule has 0 atom stereocenters. The first-order chi connectivity index (χ1) is 13.6. The molecule has 0 saturated carbocycles. The van der Waals surface area contributed by atoms with Gasteiger partial charge in [-0.1, -0.05) is 18.2 Å². The van der Waals surface area contributed by atoms with Crippen LogP contribution in [0.1, 0.15) is 34.6 Å². The summed E-state index contributed by atoms with van der Waals surface area (Å²) >= 11 is 1.69. The summed E-state index contributed by atoms with van der Waals surface area (Å²) in [5.74, 6) is 0.820. The average Bonchev–Trinajstić information content (AvgIpc) is 3.23. The van der Waals surface area contributed by atoms with Crippen LogP contribution < -0.4 is 10.6 Å². The van der Waals surface area contributed by atoms with Crippen LogP contribution in [0.3, 0.4) is 0 Å². The highest BCUT2D eigenvalue weighted by atomic mass is 32.1. The second-order valence-corrected chi connectivity index (χ2v) is 7.69. The van der Waals surface area contributed by atoms with Crippen molar-refractivity contribution in [2.24, 2.45) is 4.99 Å². The second kappa shape index (κ2) is 9.50. The zero-order valence-electron chi connectivity index (χ0n) is 17.0. The Balaban J connectivity index is 1.68. The normalized spacial score (nSPS) is 11.6. The van der Waals surface area contributed by atoms with Gasteiger partial charge in [-0.3, -0.25) is 0 Å². The summed E-state index contributed by atoms with van der Waals surface area (Å²) in [6.07, 6.45) is 0.888. The van der Waals surface area contributed by atoms with Crippen molar-refractivity contribution in [3.63, 3.8) is 0 Å². The standard InChI is InChI=1S/C21H28N6S/c1-5-22-21(23-12-11-18-14-28-17(4)25-18)24-13-20-15(2)26-27(16(20)3)19-9-7-6-8-10-19/h6-10,14H,5,11-13H2,1-4H3,(H2,22,23,24). The average molecular weight is 397 g/mol. The van der Waals surface area contributed by atoms with Crippen LogP contribution in [0.2, 0.25) is 0 Å². The maximum absolute atomic E-state index is 4.77. The zero-order valence-corrected chi connectivity index (χ0v) is 17.8. The minimum absolute atomic E-state index is 0.593. The van der Waals surface area contributed by atoms with E-state index in [1.807, 2.05) is 36.7 Å². The van der Waals surface area contributed by atoms with Crippen LogP contribution in [0.15, 0.2) is 40.7 Å². The van der Waals surface area contributed by atoms with Gasteiger partial charge in [-0.25, -0.2) is 14.7 Å². The number of rotatable bonds is 7. The monoisotopic (exact) mass is 396 g/mol. The molecule has 3 aromatic rings. The van der Waals surface area contributed by atoms with Crippen LogP contribution in [0.4, 0.5) is 0 Å². The molecule has 0 spiro atoms. The number of para-hydroxylation sites is 1. The molecule has 6 nitrogen and oxygen atoms in total. The first-order valence-electron chi connectivity index (χ1n) is 9.62. The number of aromatic nitrogens is 3. The number of thiazole rings is 1. The second-order valence-electron chi connectivity index (χ2n) is 6.63. The largest absolute Gasteiger partial charge is 0.357 e. The quantitative estimate of drug-likeness (QED) is 0.473. The maximum Gasteiger partial charge on any atom is 0.191 e. The van der Waals surface area contributed by atoms with E-state index in [1.54, 1.807) is 11.3 Å². The Morgan fingerprint density at radius 2 is 1.93 bits per heavy atom. The highest BCUT2D eigenvalue weighted by molar-refractivity contribution is 7.09. The number of hydrogen-bond acceptors (Lipinski definition) is 4. The minimum Gasteiger partial charge on any atom is -0.357 e. The van der Waals surface area contributed by atoms with Crippen molar-refractivity contribution in [2.75, 3.05) is 13.1 Å². The number of nitrogens with zero attached hydrogens (tertiary/aromatic N) is 4. The lowest BCUT2D eigenvalue weighted by molar-refractivity contribution is 0.789. The third kappa shape index (κ3) is 4.98. The number of aryl methyl sites for hydroxylation is 2. The van der Waals surface area contributed by atoms with Crippen molar-refractivity contribution >= 4 is 17.3 Å². The number of benzene rings is 1. The molecule has 0 aliphatic carbocycles. The predicted octanol–water partition coefficient (Wildman–Crippen LogP) is 3.55. The Morgan fingerprint density at radius 1 is 1.14 bits per heavy atom. The molecule has 2 heterocycles. The smallest absolute Gasteiger partial charge is 0.191 e. The Bertz CT molecular complexity index is 926. The summed E-state index contributed by atoms with van der Waals surface area (Å²) in [5, 5.41) is 14.7. The summed E-state index contributed by atoms with van der Waals surface area (Å²) in [6, 6.07) is 10.2. The molecule has 1 aromatic carbocycles. The summed E-state index contributed by atoms with van der Waals surface area (Å²) in [6.45, 7) is 10.5. The van der Waals surface area contributed by atoms with Crippen molar-refractivity contribution in [3.8, 4) is 5.69 Å². The minimum atomic E-state index is 0.593. The Hall–Kier alpha value is -2.67. The first kappa shape index (κ1) is 20.1. The SMILES string of the molecule is CCNC(=NCc1c(C)nn(-c2ccccc2)c1C)NCCc1csc(C)n1. The van der Waals surface area contributed by atoms with Crippen LogP contribution in [-0.4, -0.2) is 33.8 Å². The van der Waals surface area contributed by atoms with E-state index in [0.717, 1.165) is 58.8 Å². The van der Waals surface area contributed by atoms with Gasteiger partial charge in [0.05, 0.1) is 28.6 Å². The van der Waals surface area contributed by atoms with Gasteiger partial charge in [-0.05, 0) is 39.8 Å². The van der Waals surface area contributed by atoms with E-state index >= 15 is 0 Å². The lowest BCUT2D eigenvalue weighted by Crippen LogP contribution is -2.38. The van der Waals surface area contributed by atoms with Gasteiger partial charge in [0.2, 0.25) is 0 Å². The summed E-state index contributed by atoms with van der Waals surface area (Å²) < 4.78 is 1.99. The van der Waals surface area contributed by atoms with E-state index in [2.05, 4.69) is 47.0 Å². The molecule has 0 unspecified atom stereocenters. The molecule has 0 amide bonds. The van der Waals surface area contributed by atoms with Crippen LogP contribution in [0.25, 0.3) is 5.69 Å². The van der Waals surface area contributed by atoms with Gasteiger partial charge in [-0.2, -0.15) is 5.10 Å². The zero-order chi connectivity index (χ0) is 19.9. The molecule has 0 fully saturated rings. The molecule has 2 aromatic heterocycles. The van der Waals surface area contributed by atoms with Crippen molar-refractivity contribution in [3.05, 3.63) is 63.4 Å². The first-order valence-corrected chi connectivity index (χ1v) is 10.5. The van der Waals surface area contributed by atoms with Crippen LogP contribution >= 0.6 is 11.3 Å². The fourth-order valence-electron chi connectivity index (χ4n) is 3.06. The highest BCUT2D eigenvalue weighted by Gasteiger charge is 2.12. The lowest BCUT2D eigenvalue weighted by Gasteiger charge is -2.11. The van der Waals surface area contributed by atoms with Gasteiger partial charge in [0.25, 0.3) is 0 Å². The molecule has 2 N–H and O–H groups in total. The summed E-state index contributed by atoms with van der Waals surface area (Å²) in [4.78, 5) is 9.28. The van der Waals surface area contributed by atoms with E-state index in [0.29, 0.717) is 6.54 Å². The summed E-state index contributed by atoms with van der Waals surface area (Å²) in [5.41, 5.74) is 5.50. The molecule has 148 valence electrons. The van der Waals surface area contributed by atoms with Crippen molar-refractivity contribution < 1.29 is 0 Å². The van der Waals surface area contributed by atoms with Crippen molar-refractivity contribution in [2.45, 2.75) is 40.7 Å². The van der Waals surface area contributed by atoms with Gasteiger partial charge >= 0.3 is 0 Å². The van der Waals surface area contributed by atoms with E-state index in [9.17, 15) is 0 Å². The van der Waals surface area contributed by atoms with Gasteiger partial charge in [0.15, 0.2) is 5.96 Å². The molecule has 0 radical (unpaired) electrons. The van der Waals surface area contributed by atoms with Gasteiger partial charge in [0.1, 0.15) is 0 Å². The van der Waals surface area contributed by atoms with Crippen LogP contribution in [-0.2, 0) is 13.0 Å². The van der Waals surface area contributed by atoms with Crippen LogP contribution in [0.5, 0.6) is 0 Å². The molecule has 3 rings (SSSR count). The maximum atomic E-state index is 4.77. The molecule has 0 aliphatic heterocycles. The van der Waals surface area contributed by atoms with Gasteiger partial charge in [0, 0.05) is 36.1 Å². The molecule has 0 saturated heterocycles. The molecule has 7 heteroatoms. The number of nitrogens with one attached hydrogen (secondary N) is 2.